The summed E-state index contributed by atoms with van der Waals surface area (Å²) in [5, 5.41) is 0. The molecule has 3 heteroatoms. The molecule has 0 N–H and O–H groups in total. The zero-order valence-electron chi connectivity index (χ0n) is 13.1. The molecule has 0 aliphatic carbocycles. The van der Waals surface area contributed by atoms with Crippen LogP contribution < -0.4 is 0 Å². The van der Waals surface area contributed by atoms with Crippen molar-refractivity contribution in [1.82, 2.24) is 0 Å². The van der Waals surface area contributed by atoms with Crippen LogP contribution in [0.5, 0.6) is 0 Å². The van der Waals surface area contributed by atoms with Crippen LogP contribution in [0.2, 0.25) is 0 Å². The van der Waals surface area contributed by atoms with Crippen LogP contribution in [0.25, 0.3) is 0 Å². The van der Waals surface area contributed by atoms with Gasteiger partial charge in [0.2, 0.25) is 0 Å². The number of rotatable bonds is 6. The zero-order valence-corrected chi connectivity index (χ0v) is 15.6. The number of hydrogen-bond acceptors (Lipinski definition) is 0. The summed E-state index contributed by atoms with van der Waals surface area (Å²) < 4.78 is 19.6. The van der Waals surface area contributed by atoms with Crippen molar-refractivity contribution < 1.29 is 29.7 Å². The predicted octanol–water partition coefficient (Wildman–Crippen LogP) is 6.33. The van der Waals surface area contributed by atoms with Crippen molar-refractivity contribution in [2.75, 3.05) is 0 Å². The predicted molar refractivity (Wildman–Crippen MR) is 83.5 cm³/mol. The molecule has 0 saturated heterocycles. The van der Waals surface area contributed by atoms with E-state index in [2.05, 4.69) is 62.4 Å². The van der Waals surface area contributed by atoms with Gasteiger partial charge in [-0.15, -0.1) is 0 Å². The second-order valence-corrected chi connectivity index (χ2v) is 5.22. The minimum atomic E-state index is -2.77. The summed E-state index contributed by atoms with van der Waals surface area (Å²) in [5.74, 6) is 0. The van der Waals surface area contributed by atoms with Gasteiger partial charge in [0.05, 0.1) is 0 Å². The quantitative estimate of drug-likeness (QED) is 0.520. The van der Waals surface area contributed by atoms with Crippen LogP contribution in [0.4, 0.5) is 5.25 Å². The third-order valence-electron chi connectivity index (χ3n) is 3.10. The Labute approximate surface area is 141 Å². The van der Waals surface area contributed by atoms with Gasteiger partial charge in [0.15, 0.2) is 0 Å². The molecular formula is C18H26F2Zr. The molecule has 0 heterocycles. The molecule has 0 saturated carbocycles. The molecule has 2 rings (SSSR count). The van der Waals surface area contributed by atoms with Gasteiger partial charge >= 0.3 is 29.7 Å². The first-order valence-corrected chi connectivity index (χ1v) is 9.51. The minimum absolute atomic E-state index is 1.25. The van der Waals surface area contributed by atoms with E-state index < -0.39 is 24.5 Å². The maximum atomic E-state index is 9.80. The van der Waals surface area contributed by atoms with E-state index in [1.165, 1.54) is 49.7 Å². The van der Waals surface area contributed by atoms with E-state index in [1.54, 1.807) is 0 Å². The molecule has 2 aromatic rings. The van der Waals surface area contributed by atoms with Crippen LogP contribution in [0.3, 0.4) is 0 Å². The molecule has 0 spiro atoms. The van der Waals surface area contributed by atoms with E-state index in [0.717, 1.165) is 0 Å². The van der Waals surface area contributed by atoms with Gasteiger partial charge in [-0.05, 0) is 0 Å². The first kappa shape index (κ1) is 20.4. The molecule has 0 nitrogen and oxygen atoms in total. The fourth-order valence-corrected chi connectivity index (χ4v) is 1.92. The molecule has 116 valence electrons. The van der Waals surface area contributed by atoms with Crippen molar-refractivity contribution in [3.63, 3.8) is 0 Å². The van der Waals surface area contributed by atoms with Gasteiger partial charge < -0.3 is 0 Å². The summed E-state index contributed by atoms with van der Waals surface area (Å²) in [6.07, 6.45) is 7.75. The fourth-order valence-electron chi connectivity index (χ4n) is 1.92. The summed E-state index contributed by atoms with van der Waals surface area (Å²) in [7, 11) is 0. The van der Waals surface area contributed by atoms with E-state index in [9.17, 15) is 5.25 Å². The van der Waals surface area contributed by atoms with Crippen LogP contribution in [-0.4, -0.2) is 0 Å². The van der Waals surface area contributed by atoms with E-state index >= 15 is 0 Å². The van der Waals surface area contributed by atoms with Crippen molar-refractivity contribution in [2.45, 2.75) is 52.4 Å². The molecule has 0 fully saturated rings. The molecule has 0 bridgehead atoms. The van der Waals surface area contributed by atoms with E-state index in [4.69, 9.17) is 0 Å². The Hall–Kier alpha value is -0.557. The van der Waals surface area contributed by atoms with E-state index in [0.29, 0.717) is 0 Å². The molecule has 0 atom stereocenters. The van der Waals surface area contributed by atoms with E-state index in [1.807, 2.05) is 0 Å². The molecule has 2 aromatic carbocycles. The Bertz CT molecular complexity index is 341. The molecule has 0 unspecified atom stereocenters. The first-order chi connectivity index (χ1) is 10.3. The molecule has 0 radical (unpaired) electrons. The summed E-state index contributed by atoms with van der Waals surface area (Å²) >= 11 is -2.77. The van der Waals surface area contributed by atoms with Gasteiger partial charge in [0.1, 0.15) is 0 Å². The number of aryl methyl sites for hydroxylation is 2. The summed E-state index contributed by atoms with van der Waals surface area (Å²) in [4.78, 5) is 0. The van der Waals surface area contributed by atoms with Crippen LogP contribution in [0, 0.1) is 0 Å². The number of unbranched alkanes of at least 4 members (excludes halogenated alkanes) is 2. The van der Waals surface area contributed by atoms with Gasteiger partial charge in [-0.2, -0.15) is 47.5 Å². The Morgan fingerprint density at radius 1 is 0.857 bits per heavy atom. The normalized spacial score (nSPS) is 8.95. The topological polar surface area (TPSA) is 0 Å². The van der Waals surface area contributed by atoms with Gasteiger partial charge in [-0.25, -0.2) is 12.1 Å². The standard InChI is InChI=1S/2C9H13.2FH.Zr/c2*1-2-3-6-9-7-4-5-8-9;;;/h2*4-5,7-8H,2-3,6H2,1H3;2*1H;/q2*-1;;;+4/p-2. The molecule has 0 aliphatic heterocycles. The number of halogens is 2. The maximum absolute atomic E-state index is 9.80. The third-order valence-corrected chi connectivity index (χ3v) is 3.10. The van der Waals surface area contributed by atoms with Gasteiger partial charge in [-0.3, -0.25) is 0 Å². The van der Waals surface area contributed by atoms with Gasteiger partial charge in [0, 0.05) is 0 Å². The van der Waals surface area contributed by atoms with Crippen LogP contribution >= 0.6 is 0 Å². The van der Waals surface area contributed by atoms with Crippen molar-refractivity contribution in [3.8, 4) is 0 Å². The molecule has 0 aromatic heterocycles. The Balaban J connectivity index is 0.000000322. The second kappa shape index (κ2) is 15.8. The second-order valence-electron chi connectivity index (χ2n) is 4.86. The fraction of sp³-hybridized carbons (Fsp3) is 0.444. The molecule has 0 amide bonds. The van der Waals surface area contributed by atoms with Crippen LogP contribution in [-0.2, 0) is 37.3 Å². The Morgan fingerprint density at radius 3 is 1.48 bits per heavy atom. The van der Waals surface area contributed by atoms with Gasteiger partial charge in [-0.1, -0.05) is 52.4 Å². The summed E-state index contributed by atoms with van der Waals surface area (Å²) in [6.45, 7) is 4.45. The van der Waals surface area contributed by atoms with Gasteiger partial charge in [0.25, 0.3) is 0 Å². The average molecular weight is 372 g/mol. The zero-order chi connectivity index (χ0) is 15.8. The number of hydrogen-bond donors (Lipinski definition) is 0. The van der Waals surface area contributed by atoms with E-state index in [-0.39, 0.29) is 0 Å². The first-order valence-electron chi connectivity index (χ1n) is 7.65. The Kier molecular flexibility index (Phi) is 15.4. The van der Waals surface area contributed by atoms with Crippen molar-refractivity contribution in [1.29, 1.82) is 0 Å². The summed E-state index contributed by atoms with van der Waals surface area (Å²) in [5.41, 5.74) is 2.97. The van der Waals surface area contributed by atoms with Crippen LogP contribution in [0.1, 0.15) is 50.7 Å². The summed E-state index contributed by atoms with van der Waals surface area (Å²) in [6, 6.07) is 17.2. The molecular weight excluding hydrogens is 345 g/mol. The van der Waals surface area contributed by atoms with Crippen molar-refractivity contribution in [2.24, 2.45) is 0 Å². The molecule has 0 aliphatic rings. The van der Waals surface area contributed by atoms with Crippen LogP contribution in [0.15, 0.2) is 48.5 Å². The van der Waals surface area contributed by atoms with Crippen molar-refractivity contribution in [3.05, 3.63) is 59.7 Å². The SMILES string of the molecule is CCCCc1cc[cH-]c1.CCCCc1cc[cH-]c1.[F][Zr+2][F]. The monoisotopic (exact) mass is 370 g/mol. The average Bonchev–Trinajstić information content (AvgIpc) is 3.18. The molecule has 21 heavy (non-hydrogen) atoms. The third kappa shape index (κ3) is 12.9. The van der Waals surface area contributed by atoms with Crippen molar-refractivity contribution >= 4 is 0 Å². The Morgan fingerprint density at radius 2 is 1.24 bits per heavy atom.